The van der Waals surface area contributed by atoms with Crippen molar-refractivity contribution in [1.82, 2.24) is 15.5 Å². The smallest absolute Gasteiger partial charge is 0.257 e. The zero-order valence-corrected chi connectivity index (χ0v) is 21.5. The molecule has 198 valence electrons. The number of methoxy groups -OCH3 is 2. The standard InChI is InChI=1S/C27H33FN4O5/c1-17(16-35-3)12-21-23(36-4)13-18(26(33)31-25(29)8-9-30-2)14-24(21)37-19-6-7-20(22(28)15-19)27(34)32-10-5-11-32/h6-9,13-15,17,30H,5,10-12,16H2,1-4H3,(H2,29,31,33)/b9-8-. The van der Waals surface area contributed by atoms with Gasteiger partial charge in [0.25, 0.3) is 11.8 Å². The minimum absolute atomic E-state index is 0.0140. The number of carbonyl (C=O) groups excluding carboxylic acids is 2. The number of carbonyl (C=O) groups is 2. The SMILES string of the molecule is CN/C=C\C(=N)NC(=O)c1cc(OC)c(CC(C)COC)c(Oc2ccc(C(=O)N3CCC3)c(F)c2)c1. The lowest BCUT2D eigenvalue weighted by Crippen LogP contribution is -2.42. The summed E-state index contributed by atoms with van der Waals surface area (Å²) in [6, 6.07) is 7.19. The van der Waals surface area contributed by atoms with Crippen molar-refractivity contribution in [2.45, 2.75) is 19.8 Å². The maximum Gasteiger partial charge on any atom is 0.257 e. The lowest BCUT2D eigenvalue weighted by Gasteiger charge is -2.31. The molecule has 10 heteroatoms. The summed E-state index contributed by atoms with van der Waals surface area (Å²) in [5.74, 6) is -0.709. The van der Waals surface area contributed by atoms with Crippen LogP contribution in [0.4, 0.5) is 4.39 Å². The zero-order chi connectivity index (χ0) is 26.9. The molecule has 2 aromatic rings. The van der Waals surface area contributed by atoms with Crippen molar-refractivity contribution >= 4 is 17.6 Å². The minimum atomic E-state index is -0.686. The van der Waals surface area contributed by atoms with E-state index in [0.29, 0.717) is 43.2 Å². The van der Waals surface area contributed by atoms with Crippen molar-refractivity contribution in [2.24, 2.45) is 5.92 Å². The lowest BCUT2D eigenvalue weighted by atomic mass is 9.98. The minimum Gasteiger partial charge on any atom is -0.496 e. The van der Waals surface area contributed by atoms with Gasteiger partial charge in [0.2, 0.25) is 0 Å². The van der Waals surface area contributed by atoms with Crippen LogP contribution in [-0.4, -0.2) is 63.5 Å². The largest absolute Gasteiger partial charge is 0.496 e. The predicted octanol–water partition coefficient (Wildman–Crippen LogP) is 3.74. The van der Waals surface area contributed by atoms with E-state index in [4.69, 9.17) is 19.6 Å². The van der Waals surface area contributed by atoms with Crippen molar-refractivity contribution in [3.63, 3.8) is 0 Å². The van der Waals surface area contributed by atoms with Crippen LogP contribution in [0, 0.1) is 17.1 Å². The van der Waals surface area contributed by atoms with E-state index in [1.165, 1.54) is 37.6 Å². The van der Waals surface area contributed by atoms with Crippen LogP contribution < -0.4 is 20.1 Å². The Kier molecular flexibility index (Phi) is 9.62. The molecular weight excluding hydrogens is 479 g/mol. The topological polar surface area (TPSA) is 113 Å². The van der Waals surface area contributed by atoms with Crippen molar-refractivity contribution in [1.29, 1.82) is 5.41 Å². The highest BCUT2D eigenvalue weighted by Crippen LogP contribution is 2.36. The summed E-state index contributed by atoms with van der Waals surface area (Å²) in [4.78, 5) is 26.9. The molecule has 0 aliphatic carbocycles. The molecule has 0 bridgehead atoms. The number of hydrogen-bond acceptors (Lipinski definition) is 7. The van der Waals surface area contributed by atoms with Crippen LogP contribution in [-0.2, 0) is 11.2 Å². The first-order chi connectivity index (χ1) is 17.8. The first-order valence-corrected chi connectivity index (χ1v) is 12.0. The van der Waals surface area contributed by atoms with Gasteiger partial charge in [0.05, 0.1) is 12.7 Å². The number of rotatable bonds is 11. The van der Waals surface area contributed by atoms with Crippen LogP contribution in [0.25, 0.3) is 0 Å². The van der Waals surface area contributed by atoms with Gasteiger partial charge in [0, 0.05) is 51.0 Å². The number of ether oxygens (including phenoxy) is 3. The Morgan fingerprint density at radius 2 is 1.92 bits per heavy atom. The third-order valence-electron chi connectivity index (χ3n) is 5.86. The molecule has 2 amide bonds. The summed E-state index contributed by atoms with van der Waals surface area (Å²) in [7, 11) is 4.78. The summed E-state index contributed by atoms with van der Waals surface area (Å²) < 4.78 is 31.8. The molecule has 1 saturated heterocycles. The summed E-state index contributed by atoms with van der Waals surface area (Å²) in [5.41, 5.74) is 0.859. The third kappa shape index (κ3) is 7.07. The van der Waals surface area contributed by atoms with Crippen molar-refractivity contribution in [2.75, 3.05) is 41.0 Å². The number of nitrogens with one attached hydrogen (secondary N) is 3. The lowest BCUT2D eigenvalue weighted by molar-refractivity contribution is 0.0646. The van der Waals surface area contributed by atoms with Gasteiger partial charge in [-0.25, -0.2) is 4.39 Å². The number of benzene rings is 2. The Labute approximate surface area is 216 Å². The van der Waals surface area contributed by atoms with Gasteiger partial charge in [-0.15, -0.1) is 0 Å². The van der Waals surface area contributed by atoms with E-state index >= 15 is 0 Å². The van der Waals surface area contributed by atoms with E-state index in [2.05, 4.69) is 10.6 Å². The van der Waals surface area contributed by atoms with Crippen molar-refractivity contribution < 1.29 is 28.2 Å². The highest BCUT2D eigenvalue weighted by molar-refractivity contribution is 6.09. The quantitative estimate of drug-likeness (QED) is 0.312. The average molecular weight is 513 g/mol. The van der Waals surface area contributed by atoms with Gasteiger partial charge < -0.3 is 29.7 Å². The number of nitrogens with zero attached hydrogens (tertiary/aromatic N) is 1. The highest BCUT2D eigenvalue weighted by Gasteiger charge is 2.25. The van der Waals surface area contributed by atoms with Crippen LogP contribution in [0.3, 0.4) is 0 Å². The molecule has 1 fully saturated rings. The summed E-state index contributed by atoms with van der Waals surface area (Å²) in [6.07, 6.45) is 4.33. The molecule has 0 aromatic heterocycles. The molecule has 0 radical (unpaired) electrons. The molecule has 3 rings (SSSR count). The summed E-state index contributed by atoms with van der Waals surface area (Å²) in [5, 5.41) is 13.1. The Morgan fingerprint density at radius 1 is 1.19 bits per heavy atom. The molecule has 1 atom stereocenters. The van der Waals surface area contributed by atoms with Crippen molar-refractivity contribution in [3.8, 4) is 17.2 Å². The van der Waals surface area contributed by atoms with Crippen molar-refractivity contribution in [3.05, 3.63) is 65.1 Å². The van der Waals surface area contributed by atoms with Crippen LogP contribution >= 0.6 is 0 Å². The van der Waals surface area contributed by atoms with E-state index in [0.717, 1.165) is 12.5 Å². The molecule has 1 aliphatic rings. The summed E-state index contributed by atoms with van der Waals surface area (Å²) >= 11 is 0. The second-order valence-electron chi connectivity index (χ2n) is 8.80. The third-order valence-corrected chi connectivity index (χ3v) is 5.86. The van der Waals surface area contributed by atoms with E-state index in [-0.39, 0.29) is 34.5 Å². The number of amides is 2. The van der Waals surface area contributed by atoms with Gasteiger partial charge in [0.1, 0.15) is 28.9 Å². The van der Waals surface area contributed by atoms with Crippen LogP contribution in [0.5, 0.6) is 17.2 Å². The average Bonchev–Trinajstić information content (AvgIpc) is 2.82. The highest BCUT2D eigenvalue weighted by atomic mass is 19.1. The predicted molar refractivity (Wildman–Crippen MR) is 138 cm³/mol. The van der Waals surface area contributed by atoms with Gasteiger partial charge in [-0.2, -0.15) is 0 Å². The molecule has 9 nitrogen and oxygen atoms in total. The molecule has 0 spiro atoms. The first kappa shape index (κ1) is 27.7. The number of halogens is 1. The maximum absolute atomic E-state index is 14.9. The van der Waals surface area contributed by atoms with Gasteiger partial charge >= 0.3 is 0 Å². The molecule has 0 saturated carbocycles. The van der Waals surface area contributed by atoms with Crippen LogP contribution in [0.15, 0.2) is 42.6 Å². The second kappa shape index (κ2) is 12.9. The Balaban J connectivity index is 1.95. The summed E-state index contributed by atoms with van der Waals surface area (Å²) in [6.45, 7) is 3.73. The molecular formula is C27H33FN4O5. The van der Waals surface area contributed by atoms with E-state index in [1.54, 1.807) is 25.1 Å². The Hall–Kier alpha value is -3.92. The fourth-order valence-corrected chi connectivity index (χ4v) is 3.87. The van der Waals surface area contributed by atoms with E-state index < -0.39 is 11.7 Å². The van der Waals surface area contributed by atoms with Crippen LogP contribution in [0.2, 0.25) is 0 Å². The Bertz CT molecular complexity index is 1180. The van der Waals surface area contributed by atoms with E-state index in [9.17, 15) is 14.0 Å². The van der Waals surface area contributed by atoms with E-state index in [1.807, 2.05) is 6.92 Å². The molecule has 2 aromatic carbocycles. The normalized spacial score (nSPS) is 13.6. The second-order valence-corrected chi connectivity index (χ2v) is 8.80. The number of hydrogen-bond donors (Lipinski definition) is 3. The van der Waals surface area contributed by atoms with Gasteiger partial charge in [-0.3, -0.25) is 15.0 Å². The number of likely N-dealkylation sites (tertiary alicyclic amines) is 1. The fraction of sp³-hybridized carbons (Fsp3) is 0.370. The van der Waals surface area contributed by atoms with Gasteiger partial charge in [0.15, 0.2) is 0 Å². The van der Waals surface area contributed by atoms with Gasteiger partial charge in [-0.1, -0.05) is 6.92 Å². The molecule has 1 aliphatic heterocycles. The Morgan fingerprint density at radius 3 is 2.51 bits per heavy atom. The van der Waals surface area contributed by atoms with Gasteiger partial charge in [-0.05, 0) is 55.3 Å². The molecule has 1 heterocycles. The van der Waals surface area contributed by atoms with Crippen LogP contribution in [0.1, 0.15) is 39.6 Å². The zero-order valence-electron chi connectivity index (χ0n) is 21.5. The fourth-order valence-electron chi connectivity index (χ4n) is 3.87. The monoisotopic (exact) mass is 512 g/mol. The molecule has 3 N–H and O–H groups in total. The first-order valence-electron chi connectivity index (χ1n) is 12.0. The molecule has 1 unspecified atom stereocenters. The maximum atomic E-state index is 14.9. The number of amidine groups is 1. The molecule has 37 heavy (non-hydrogen) atoms.